The van der Waals surface area contributed by atoms with E-state index >= 15 is 0 Å². The van der Waals surface area contributed by atoms with Crippen molar-refractivity contribution < 1.29 is 4.99 Å². The van der Waals surface area contributed by atoms with Crippen LogP contribution in [0.15, 0.2) is 12.2 Å². The quantitative estimate of drug-likeness (QED) is 0.379. The van der Waals surface area contributed by atoms with Gasteiger partial charge in [0.25, 0.3) is 5.84 Å². The minimum Gasteiger partial charge on any atom is -0.290 e. The van der Waals surface area contributed by atoms with E-state index in [-0.39, 0.29) is 11.8 Å². The zero-order valence-electron chi connectivity index (χ0n) is 15.8. The predicted octanol–water partition coefficient (Wildman–Crippen LogP) is 2.77. The normalized spacial score (nSPS) is 36.2. The Labute approximate surface area is 165 Å². The first-order valence-electron chi connectivity index (χ1n) is 9.78. The van der Waals surface area contributed by atoms with Gasteiger partial charge in [-0.25, -0.2) is 0 Å². The number of unbranched alkanes of at least 4 members (excludes halogenated alkanes) is 2. The van der Waals surface area contributed by atoms with Crippen molar-refractivity contribution in [1.29, 1.82) is 10.5 Å². The molecule has 4 rings (SSSR count). The van der Waals surface area contributed by atoms with Gasteiger partial charge >= 0.3 is 0 Å². The number of fused-ring (bicyclic) bond motifs is 1. The molecule has 1 fully saturated rings. The first-order chi connectivity index (χ1) is 12.6. The number of hydrogen-bond acceptors (Lipinski definition) is 5. The molecule has 26 heavy (non-hydrogen) atoms. The molecule has 0 aromatic rings. The van der Waals surface area contributed by atoms with Gasteiger partial charge in [0.2, 0.25) is 4.20 Å². The van der Waals surface area contributed by atoms with Crippen molar-refractivity contribution in [3.8, 4) is 12.1 Å². The maximum Gasteiger partial charge on any atom is 0.265 e. The minimum atomic E-state index is -0.919. The van der Waals surface area contributed by atoms with Crippen LogP contribution in [0.5, 0.6) is 0 Å². The van der Waals surface area contributed by atoms with Crippen molar-refractivity contribution in [3.63, 3.8) is 0 Å². The zero-order chi connectivity index (χ0) is 18.8. The summed E-state index contributed by atoms with van der Waals surface area (Å²) >= 11 is 3.63. The number of thioether (sulfide) groups is 2. The monoisotopic (exact) mass is 389 g/mol. The Bertz CT molecular complexity index is 679. The van der Waals surface area contributed by atoms with E-state index in [2.05, 4.69) is 43.1 Å². The summed E-state index contributed by atoms with van der Waals surface area (Å²) < 4.78 is -0.542. The van der Waals surface area contributed by atoms with E-state index in [1.807, 2.05) is 23.5 Å². The molecule has 4 aliphatic rings. The fourth-order valence-electron chi connectivity index (χ4n) is 4.95. The molecule has 0 saturated heterocycles. The molecule has 0 aromatic heterocycles. The van der Waals surface area contributed by atoms with Gasteiger partial charge in [0, 0.05) is 11.8 Å². The van der Waals surface area contributed by atoms with Crippen LogP contribution < -0.4 is 10.7 Å². The molecular formula is C20H29N4S2+. The number of nitrogens with one attached hydrogen (secondary N) is 1. The molecule has 140 valence electrons. The Hall–Kier alpha value is -1.11. The van der Waals surface area contributed by atoms with Gasteiger partial charge in [0.15, 0.2) is 10.8 Å². The van der Waals surface area contributed by atoms with Crippen LogP contribution in [0, 0.1) is 45.3 Å². The molecule has 0 radical (unpaired) electrons. The highest BCUT2D eigenvalue weighted by Crippen LogP contribution is 2.69. The maximum absolute atomic E-state index is 10.6. The largest absolute Gasteiger partial charge is 0.290 e. The van der Waals surface area contributed by atoms with Crippen LogP contribution in [0.2, 0.25) is 0 Å². The summed E-state index contributed by atoms with van der Waals surface area (Å²) in [6.45, 7) is 4.37. The molecule has 0 aromatic carbocycles. The van der Waals surface area contributed by atoms with Crippen LogP contribution in [0.4, 0.5) is 0 Å². The molecule has 0 spiro atoms. The fourth-order valence-corrected chi connectivity index (χ4v) is 8.76. The number of nitrogens with zero attached hydrogens (tertiary/aromatic N) is 2. The van der Waals surface area contributed by atoms with E-state index in [1.165, 1.54) is 0 Å². The summed E-state index contributed by atoms with van der Waals surface area (Å²) in [7, 11) is 0. The summed E-state index contributed by atoms with van der Waals surface area (Å²) in [5, 5.41) is 20.9. The highest BCUT2D eigenvalue weighted by molar-refractivity contribution is 8.17. The molecule has 2 bridgehead atoms. The van der Waals surface area contributed by atoms with E-state index in [0.29, 0.717) is 5.84 Å². The molecule has 4 nitrogen and oxygen atoms in total. The minimum absolute atomic E-state index is 0.0325. The molecule has 4 atom stereocenters. The standard InChI is InChI=1S/C20H28N4S2/c1-3-5-11-25-20(26-12-6-4-2)19(14-22)16-9-7-15(8-10-16)18(19,13-21)17(23)24-20/h7,9,15-16H,3-6,8,10-12H2,1-2H3,(H2,23,24)/p+1/t15-,16+,18+,19-/m0/s1. The lowest BCUT2D eigenvalue weighted by molar-refractivity contribution is -0.494. The lowest BCUT2D eigenvalue weighted by atomic mass is 9.46. The van der Waals surface area contributed by atoms with Gasteiger partial charge in [0.1, 0.15) is 0 Å². The molecule has 1 saturated carbocycles. The summed E-state index contributed by atoms with van der Waals surface area (Å²) in [6.07, 6.45) is 10.7. The number of allylic oxidation sites excluding steroid dienone is 2. The Balaban J connectivity index is 2.13. The lowest BCUT2D eigenvalue weighted by Crippen LogP contribution is -2.86. The van der Waals surface area contributed by atoms with Crippen LogP contribution in [0.25, 0.3) is 0 Å². The van der Waals surface area contributed by atoms with Gasteiger partial charge in [-0.15, -0.1) is 0 Å². The van der Waals surface area contributed by atoms with Crippen molar-refractivity contribution in [1.82, 2.24) is 0 Å². The summed E-state index contributed by atoms with van der Waals surface area (Å²) in [4.78, 5) is 3.55. The number of amidine groups is 1. The second-order valence-electron chi connectivity index (χ2n) is 7.57. The molecule has 3 aliphatic carbocycles. The van der Waals surface area contributed by atoms with Gasteiger partial charge < -0.3 is 0 Å². The van der Waals surface area contributed by atoms with E-state index in [9.17, 15) is 10.5 Å². The average molecular weight is 390 g/mol. The first-order valence-corrected chi connectivity index (χ1v) is 11.8. The number of hydrogen-bond donors (Lipinski definition) is 2. The zero-order valence-corrected chi connectivity index (χ0v) is 17.4. The van der Waals surface area contributed by atoms with Crippen molar-refractivity contribution in [2.45, 2.75) is 56.6 Å². The van der Waals surface area contributed by atoms with E-state index in [1.54, 1.807) is 0 Å². The lowest BCUT2D eigenvalue weighted by Gasteiger charge is -2.54. The third-order valence-electron chi connectivity index (χ3n) is 6.30. The van der Waals surface area contributed by atoms with Gasteiger partial charge in [0.05, 0.1) is 12.1 Å². The highest BCUT2D eigenvalue weighted by atomic mass is 32.2. The summed E-state index contributed by atoms with van der Waals surface area (Å²) in [6, 6.07) is 5.26. The molecule has 0 unspecified atom stereocenters. The van der Waals surface area contributed by atoms with Crippen molar-refractivity contribution in [2.75, 3.05) is 11.5 Å². The number of rotatable bonds is 8. The van der Waals surface area contributed by atoms with Crippen LogP contribution in [-0.4, -0.2) is 21.5 Å². The van der Waals surface area contributed by atoms with Crippen molar-refractivity contribution in [3.05, 3.63) is 12.2 Å². The van der Waals surface area contributed by atoms with E-state index in [4.69, 9.17) is 5.73 Å². The van der Waals surface area contributed by atoms with Crippen LogP contribution in [-0.2, 0) is 0 Å². The van der Waals surface area contributed by atoms with Crippen molar-refractivity contribution in [2.24, 2.45) is 28.4 Å². The molecule has 1 heterocycles. The Kier molecular flexibility index (Phi) is 5.66. The smallest absolute Gasteiger partial charge is 0.265 e. The SMILES string of the molecule is CCCCSC1(SCCCC)[NH+]=C(N)[C@@]2(C#N)[C@H]3C=C[C@H](CC3)[C@]12C#N. The molecule has 6 heteroatoms. The fraction of sp³-hybridized carbons (Fsp3) is 0.750. The van der Waals surface area contributed by atoms with Gasteiger partial charge in [-0.2, -0.15) is 10.5 Å². The third-order valence-corrected chi connectivity index (χ3v) is 9.65. The summed E-state index contributed by atoms with van der Waals surface area (Å²) in [5.41, 5.74) is 4.81. The highest BCUT2D eigenvalue weighted by Gasteiger charge is 2.81. The topological polar surface area (TPSA) is 87.6 Å². The third kappa shape index (κ3) is 2.38. The maximum atomic E-state index is 10.6. The molecule has 1 aliphatic heterocycles. The number of nitriles is 2. The van der Waals surface area contributed by atoms with E-state index in [0.717, 1.165) is 50.0 Å². The van der Waals surface area contributed by atoms with Crippen LogP contribution in [0.3, 0.4) is 0 Å². The second kappa shape index (κ2) is 7.49. The Morgan fingerprint density at radius 2 is 1.65 bits per heavy atom. The number of nitrogens with two attached hydrogens (primary N) is 1. The van der Waals surface area contributed by atoms with Gasteiger partial charge in [-0.3, -0.25) is 10.7 Å². The van der Waals surface area contributed by atoms with Gasteiger partial charge in [-0.1, -0.05) is 62.4 Å². The molecule has 0 amide bonds. The van der Waals surface area contributed by atoms with Gasteiger partial charge in [-0.05, 0) is 37.2 Å². The van der Waals surface area contributed by atoms with Crippen molar-refractivity contribution >= 4 is 29.4 Å². The first kappa shape index (κ1) is 19.6. The Morgan fingerprint density at radius 1 is 1.08 bits per heavy atom. The summed E-state index contributed by atoms with van der Waals surface area (Å²) in [5.74, 6) is 2.58. The molecule has 3 N–H and O–H groups in total. The van der Waals surface area contributed by atoms with Crippen LogP contribution in [0.1, 0.15) is 52.4 Å². The average Bonchev–Trinajstić information content (AvgIpc) is 2.91. The predicted molar refractivity (Wildman–Crippen MR) is 109 cm³/mol. The molecular weight excluding hydrogens is 360 g/mol. The Morgan fingerprint density at radius 3 is 2.12 bits per heavy atom. The van der Waals surface area contributed by atoms with E-state index < -0.39 is 15.0 Å². The van der Waals surface area contributed by atoms with Crippen LogP contribution >= 0.6 is 23.5 Å². The second-order valence-corrected chi connectivity index (χ2v) is 10.5.